The van der Waals surface area contributed by atoms with Gasteiger partial charge in [-0.1, -0.05) is 96.5 Å². The highest BCUT2D eigenvalue weighted by Gasteiger charge is 2.38. The molecule has 2 aliphatic rings. The third-order valence-corrected chi connectivity index (χ3v) is 6.82. The molecular weight excluding hydrogens is 321 g/mol. The summed E-state index contributed by atoms with van der Waals surface area (Å²) in [7, 11) is 0. The first-order chi connectivity index (χ1) is 12.5. The number of unbranched alkanes of at least 4 members (excludes halogenated alkanes) is 2. The maximum Gasteiger partial charge on any atom is 0.162 e. The summed E-state index contributed by atoms with van der Waals surface area (Å²) >= 11 is 0. The lowest BCUT2D eigenvalue weighted by Crippen LogP contribution is -2.34. The molecule has 2 bridgehead atoms. The number of aromatic nitrogens is 3. The summed E-state index contributed by atoms with van der Waals surface area (Å²) in [5.74, 6) is 2.31. The van der Waals surface area contributed by atoms with Crippen LogP contribution in [0, 0.1) is 5.41 Å². The Hall–Kier alpha value is -1.13. The van der Waals surface area contributed by atoms with E-state index < -0.39 is 0 Å². The van der Waals surface area contributed by atoms with Crippen molar-refractivity contribution in [1.29, 1.82) is 0 Å². The second kappa shape index (κ2) is 8.71. The van der Waals surface area contributed by atoms with E-state index in [1.165, 1.54) is 64.0 Å². The van der Waals surface area contributed by atoms with Crippen LogP contribution < -0.4 is 0 Å². The van der Waals surface area contributed by atoms with Crippen LogP contribution in [-0.2, 0) is 4.79 Å². The molecule has 1 aromatic heterocycles. The minimum Gasteiger partial charge on any atom is -0.297 e. The molecule has 0 N–H and O–H groups in total. The number of hydrogen-bond donors (Lipinski definition) is 0. The Bertz CT molecular complexity index is 544. The lowest BCUT2D eigenvalue weighted by molar-refractivity contribution is -0.130. The van der Waals surface area contributed by atoms with Crippen molar-refractivity contribution in [3.05, 3.63) is 12.7 Å². The molecule has 2 aliphatic heterocycles. The summed E-state index contributed by atoms with van der Waals surface area (Å²) in [6.45, 7) is 7.00. The fraction of sp³-hybridized carbons (Fsp3) is 0.857. The SMILES string of the molecule is CC(C)(C)C(=O)C(CCCCCB1C2CCCC1CCC2)n1cncn1. The van der Waals surface area contributed by atoms with E-state index in [1.807, 2.05) is 20.8 Å². The van der Waals surface area contributed by atoms with Crippen molar-refractivity contribution in [2.24, 2.45) is 5.41 Å². The van der Waals surface area contributed by atoms with E-state index in [0.29, 0.717) is 0 Å². The zero-order valence-corrected chi connectivity index (χ0v) is 17.0. The van der Waals surface area contributed by atoms with Crippen LogP contribution in [0.5, 0.6) is 0 Å². The largest absolute Gasteiger partial charge is 0.297 e. The summed E-state index contributed by atoms with van der Waals surface area (Å²) < 4.78 is 1.76. The normalized spacial score (nSPS) is 24.5. The predicted molar refractivity (Wildman–Crippen MR) is 108 cm³/mol. The summed E-state index contributed by atoms with van der Waals surface area (Å²) in [5.41, 5.74) is -0.337. The van der Waals surface area contributed by atoms with Gasteiger partial charge in [-0.15, -0.1) is 0 Å². The van der Waals surface area contributed by atoms with Crippen molar-refractivity contribution >= 4 is 12.5 Å². The minimum atomic E-state index is -0.337. The molecule has 3 rings (SSSR count). The van der Waals surface area contributed by atoms with E-state index >= 15 is 0 Å². The molecule has 0 radical (unpaired) electrons. The topological polar surface area (TPSA) is 47.8 Å². The fourth-order valence-electron chi connectivity index (χ4n) is 5.44. The molecule has 0 aromatic carbocycles. The fourth-order valence-corrected chi connectivity index (χ4v) is 5.44. The molecule has 144 valence electrons. The highest BCUT2D eigenvalue weighted by molar-refractivity contribution is 6.62. The second-order valence-corrected chi connectivity index (χ2v) is 9.69. The number of rotatable bonds is 8. The molecule has 1 aromatic rings. The smallest absolute Gasteiger partial charge is 0.162 e. The van der Waals surface area contributed by atoms with E-state index in [9.17, 15) is 4.79 Å². The maximum atomic E-state index is 12.8. The zero-order valence-electron chi connectivity index (χ0n) is 17.0. The molecule has 4 nitrogen and oxygen atoms in total. The summed E-state index contributed by atoms with van der Waals surface area (Å²) in [5, 5.41) is 4.25. The van der Waals surface area contributed by atoms with E-state index in [2.05, 4.69) is 10.1 Å². The lowest BCUT2D eigenvalue weighted by Gasteiger charge is -2.40. The van der Waals surface area contributed by atoms with Gasteiger partial charge in [0, 0.05) is 5.41 Å². The standard InChI is InChI=1S/C21H36BN3O/c1-21(2,3)20(26)19(25-16-23-15-24-25)13-5-4-6-14-22-17-9-7-10-18(22)12-8-11-17/h15-19H,4-14H2,1-3H3. The Kier molecular flexibility index (Phi) is 6.58. The van der Waals surface area contributed by atoms with Gasteiger partial charge in [0.05, 0.1) is 0 Å². The number of fused-ring (bicyclic) bond motifs is 2. The third-order valence-electron chi connectivity index (χ3n) is 6.82. The van der Waals surface area contributed by atoms with Crippen LogP contribution >= 0.6 is 0 Å². The van der Waals surface area contributed by atoms with Gasteiger partial charge in [0.1, 0.15) is 25.4 Å². The van der Waals surface area contributed by atoms with Crippen molar-refractivity contribution < 1.29 is 4.79 Å². The van der Waals surface area contributed by atoms with Gasteiger partial charge < -0.3 is 0 Å². The van der Waals surface area contributed by atoms with E-state index in [0.717, 1.165) is 31.2 Å². The first kappa shape index (κ1) is 19.6. The first-order valence-corrected chi connectivity index (χ1v) is 10.8. The van der Waals surface area contributed by atoms with Gasteiger partial charge in [0.25, 0.3) is 0 Å². The van der Waals surface area contributed by atoms with E-state index in [-0.39, 0.29) is 17.2 Å². The molecule has 5 heteroatoms. The average molecular weight is 357 g/mol. The van der Waals surface area contributed by atoms with Crippen LogP contribution in [0.25, 0.3) is 0 Å². The van der Waals surface area contributed by atoms with Crippen LogP contribution in [0.1, 0.15) is 91.0 Å². The lowest BCUT2D eigenvalue weighted by atomic mass is 9.26. The molecule has 0 amide bonds. The molecule has 0 spiro atoms. The van der Waals surface area contributed by atoms with Gasteiger partial charge in [-0.3, -0.25) is 4.79 Å². The predicted octanol–water partition coefficient (Wildman–Crippen LogP) is 5.60. The molecule has 0 aliphatic carbocycles. The van der Waals surface area contributed by atoms with Gasteiger partial charge in [-0.2, -0.15) is 5.10 Å². The number of hydrogen-bond acceptors (Lipinski definition) is 3. The van der Waals surface area contributed by atoms with E-state index in [4.69, 9.17) is 0 Å². The van der Waals surface area contributed by atoms with Crippen molar-refractivity contribution in [2.75, 3.05) is 0 Å². The van der Waals surface area contributed by atoms with Crippen LogP contribution in [-0.4, -0.2) is 27.3 Å². The monoisotopic (exact) mass is 357 g/mol. The second-order valence-electron chi connectivity index (χ2n) is 9.69. The molecule has 3 heterocycles. The molecule has 2 fully saturated rings. The number of carbonyl (C=O) groups is 1. The van der Waals surface area contributed by atoms with Crippen molar-refractivity contribution in [3.8, 4) is 0 Å². The van der Waals surface area contributed by atoms with Crippen molar-refractivity contribution in [1.82, 2.24) is 14.8 Å². The molecule has 2 saturated heterocycles. The highest BCUT2D eigenvalue weighted by Crippen LogP contribution is 2.48. The quantitative estimate of drug-likeness (QED) is 0.449. The summed E-state index contributed by atoms with van der Waals surface area (Å²) in [6, 6.07) is -0.161. The van der Waals surface area contributed by atoms with Crippen LogP contribution in [0.15, 0.2) is 12.7 Å². The van der Waals surface area contributed by atoms with E-state index in [1.54, 1.807) is 11.0 Å². The Balaban J connectivity index is 1.46. The zero-order chi connectivity index (χ0) is 18.6. The van der Waals surface area contributed by atoms with Crippen LogP contribution in [0.2, 0.25) is 18.0 Å². The molecule has 1 atom stereocenters. The highest BCUT2D eigenvalue weighted by atomic mass is 16.1. The first-order valence-electron chi connectivity index (χ1n) is 10.8. The molecular formula is C21H36BN3O. The van der Waals surface area contributed by atoms with Gasteiger partial charge in [0.15, 0.2) is 5.78 Å². The average Bonchev–Trinajstić information content (AvgIpc) is 3.10. The third kappa shape index (κ3) is 4.78. The van der Waals surface area contributed by atoms with Gasteiger partial charge in [-0.05, 0) is 6.42 Å². The van der Waals surface area contributed by atoms with Crippen molar-refractivity contribution in [3.63, 3.8) is 0 Å². The van der Waals surface area contributed by atoms with Gasteiger partial charge in [-0.25, -0.2) is 9.67 Å². The molecule has 1 unspecified atom stereocenters. The van der Waals surface area contributed by atoms with Crippen LogP contribution in [0.3, 0.4) is 0 Å². The van der Waals surface area contributed by atoms with Gasteiger partial charge >= 0.3 is 0 Å². The number of ketones is 1. The number of Topliss-reactive ketones (excluding diaryl/α,β-unsaturated/α-hetero) is 1. The van der Waals surface area contributed by atoms with Crippen molar-refractivity contribution in [2.45, 2.75) is 109 Å². The van der Waals surface area contributed by atoms with Gasteiger partial charge in [0.2, 0.25) is 0 Å². The van der Waals surface area contributed by atoms with Crippen LogP contribution in [0.4, 0.5) is 0 Å². The minimum absolute atomic E-state index is 0.161. The maximum absolute atomic E-state index is 12.8. The summed E-state index contributed by atoms with van der Waals surface area (Å²) in [6.07, 6.45) is 18.1. The Morgan fingerprint density at radius 2 is 1.77 bits per heavy atom. The Morgan fingerprint density at radius 1 is 1.12 bits per heavy atom. The Labute approximate surface area is 159 Å². The Morgan fingerprint density at radius 3 is 2.31 bits per heavy atom. The number of nitrogens with zero attached hydrogens (tertiary/aromatic N) is 3. The molecule has 26 heavy (non-hydrogen) atoms. The number of carbonyl (C=O) groups excluding carboxylic acids is 1. The molecule has 0 saturated carbocycles. The summed E-state index contributed by atoms with van der Waals surface area (Å²) in [4.78, 5) is 16.9.